The number of benzene rings is 2. The Morgan fingerprint density at radius 1 is 0.968 bits per heavy atom. The minimum atomic E-state index is -0.168. The number of ether oxygens (including phenoxy) is 1. The van der Waals surface area contributed by atoms with Crippen molar-refractivity contribution >= 4 is 34.8 Å². The standard InChI is InChI=1S/C23H28N4O4/c1-3-26(16-22(29)25-18-8-12-20(31-2)13-9-18)15-21(28)24-17-6-10-19(11-7-17)27-14-4-5-23(27)30/h6-13H,3-5,14-16H2,1-2H3,(H,24,28)(H,25,29)/p+1. The van der Waals surface area contributed by atoms with E-state index in [4.69, 9.17) is 4.74 Å². The lowest BCUT2D eigenvalue weighted by Crippen LogP contribution is -3.13. The summed E-state index contributed by atoms with van der Waals surface area (Å²) in [7, 11) is 1.59. The van der Waals surface area contributed by atoms with E-state index in [1.807, 2.05) is 19.1 Å². The predicted octanol–water partition coefficient (Wildman–Crippen LogP) is 1.30. The molecule has 8 nitrogen and oxygen atoms in total. The van der Waals surface area contributed by atoms with E-state index in [0.29, 0.717) is 24.3 Å². The van der Waals surface area contributed by atoms with Crippen LogP contribution in [0.25, 0.3) is 0 Å². The Kier molecular flexibility index (Phi) is 7.61. The Morgan fingerprint density at radius 2 is 1.52 bits per heavy atom. The maximum absolute atomic E-state index is 12.4. The van der Waals surface area contributed by atoms with Crippen LogP contribution in [-0.2, 0) is 14.4 Å². The van der Waals surface area contributed by atoms with Crippen molar-refractivity contribution in [3.05, 3.63) is 48.5 Å². The van der Waals surface area contributed by atoms with E-state index in [1.54, 1.807) is 48.4 Å². The molecule has 1 aliphatic heterocycles. The first-order valence-electron chi connectivity index (χ1n) is 10.5. The molecule has 1 unspecified atom stereocenters. The first-order valence-corrected chi connectivity index (χ1v) is 10.5. The second kappa shape index (κ2) is 10.6. The number of nitrogens with one attached hydrogen (secondary N) is 3. The summed E-state index contributed by atoms with van der Waals surface area (Å²) >= 11 is 0. The summed E-state index contributed by atoms with van der Waals surface area (Å²) < 4.78 is 5.11. The molecule has 0 aliphatic carbocycles. The molecule has 1 aliphatic rings. The van der Waals surface area contributed by atoms with Gasteiger partial charge in [-0.25, -0.2) is 0 Å². The number of carbonyl (C=O) groups is 3. The van der Waals surface area contributed by atoms with E-state index in [2.05, 4.69) is 10.6 Å². The molecule has 3 amide bonds. The number of rotatable bonds is 9. The van der Waals surface area contributed by atoms with Crippen LogP contribution in [0.2, 0.25) is 0 Å². The molecule has 0 radical (unpaired) electrons. The van der Waals surface area contributed by atoms with Gasteiger partial charge >= 0.3 is 0 Å². The molecule has 0 aromatic heterocycles. The molecule has 0 bridgehead atoms. The van der Waals surface area contributed by atoms with Gasteiger partial charge in [0.1, 0.15) is 5.75 Å². The van der Waals surface area contributed by atoms with Crippen molar-refractivity contribution in [2.75, 3.05) is 48.8 Å². The summed E-state index contributed by atoms with van der Waals surface area (Å²) in [4.78, 5) is 39.2. The normalized spacial score (nSPS) is 14.3. The first-order chi connectivity index (χ1) is 15.0. The van der Waals surface area contributed by atoms with Crippen LogP contribution in [0.4, 0.5) is 17.1 Å². The maximum atomic E-state index is 12.4. The number of quaternary nitrogens is 1. The van der Waals surface area contributed by atoms with Crippen molar-refractivity contribution in [2.24, 2.45) is 0 Å². The van der Waals surface area contributed by atoms with E-state index in [0.717, 1.165) is 29.3 Å². The highest BCUT2D eigenvalue weighted by Crippen LogP contribution is 2.23. The van der Waals surface area contributed by atoms with Gasteiger partial charge in [-0.15, -0.1) is 0 Å². The molecule has 31 heavy (non-hydrogen) atoms. The zero-order valence-electron chi connectivity index (χ0n) is 17.9. The molecule has 164 valence electrons. The number of hydrogen-bond donors (Lipinski definition) is 3. The molecular weight excluding hydrogens is 396 g/mol. The number of methoxy groups -OCH3 is 1. The summed E-state index contributed by atoms with van der Waals surface area (Å²) in [6.45, 7) is 3.67. The van der Waals surface area contributed by atoms with Gasteiger partial charge < -0.3 is 25.2 Å². The summed E-state index contributed by atoms with van der Waals surface area (Å²) in [5.41, 5.74) is 2.19. The van der Waals surface area contributed by atoms with Crippen molar-refractivity contribution in [1.82, 2.24) is 0 Å². The Bertz CT molecular complexity index is 912. The van der Waals surface area contributed by atoms with Crippen molar-refractivity contribution in [2.45, 2.75) is 19.8 Å². The largest absolute Gasteiger partial charge is 0.497 e. The number of likely N-dealkylation sites (N-methyl/N-ethyl adjacent to an activating group) is 1. The third-order valence-electron chi connectivity index (χ3n) is 5.23. The molecule has 3 N–H and O–H groups in total. The van der Waals surface area contributed by atoms with Gasteiger partial charge in [0.05, 0.1) is 13.7 Å². The van der Waals surface area contributed by atoms with Crippen LogP contribution in [0.3, 0.4) is 0 Å². The topological polar surface area (TPSA) is 92.2 Å². The number of amides is 3. The molecule has 1 atom stereocenters. The third-order valence-corrected chi connectivity index (χ3v) is 5.23. The van der Waals surface area contributed by atoms with Gasteiger partial charge in [0.2, 0.25) is 5.91 Å². The number of hydrogen-bond acceptors (Lipinski definition) is 4. The second-order valence-corrected chi connectivity index (χ2v) is 7.48. The van der Waals surface area contributed by atoms with Gasteiger partial charge in [0, 0.05) is 30.0 Å². The van der Waals surface area contributed by atoms with Crippen LogP contribution in [0.1, 0.15) is 19.8 Å². The SMILES string of the molecule is CC[NH+](CC(=O)Nc1ccc(OC)cc1)CC(=O)Nc1ccc(N2CCCC2=O)cc1. The minimum Gasteiger partial charge on any atom is -0.497 e. The van der Waals surface area contributed by atoms with Crippen LogP contribution in [-0.4, -0.2) is 51.0 Å². The zero-order valence-corrected chi connectivity index (χ0v) is 17.9. The van der Waals surface area contributed by atoms with Gasteiger partial charge in [-0.1, -0.05) is 0 Å². The van der Waals surface area contributed by atoms with Crippen molar-refractivity contribution in [1.29, 1.82) is 0 Å². The van der Waals surface area contributed by atoms with Crippen molar-refractivity contribution in [3.63, 3.8) is 0 Å². The molecule has 1 heterocycles. The fourth-order valence-electron chi connectivity index (χ4n) is 3.50. The van der Waals surface area contributed by atoms with Crippen LogP contribution < -0.4 is 25.2 Å². The highest BCUT2D eigenvalue weighted by atomic mass is 16.5. The maximum Gasteiger partial charge on any atom is 0.279 e. The summed E-state index contributed by atoms with van der Waals surface area (Å²) in [5.74, 6) is 0.524. The number of nitrogens with zero attached hydrogens (tertiary/aromatic N) is 1. The lowest BCUT2D eigenvalue weighted by atomic mass is 10.2. The lowest BCUT2D eigenvalue weighted by Gasteiger charge is -2.18. The Balaban J connectivity index is 1.48. The number of anilines is 3. The smallest absolute Gasteiger partial charge is 0.279 e. The number of carbonyl (C=O) groups excluding carboxylic acids is 3. The summed E-state index contributed by atoms with van der Waals surface area (Å²) in [6, 6.07) is 14.4. The van der Waals surface area contributed by atoms with Gasteiger partial charge in [0.25, 0.3) is 11.8 Å². The molecule has 2 aromatic rings. The molecular formula is C23H29N4O4+. The van der Waals surface area contributed by atoms with Gasteiger partial charge in [0.15, 0.2) is 13.1 Å². The Hall–Kier alpha value is -3.39. The van der Waals surface area contributed by atoms with E-state index < -0.39 is 0 Å². The fraction of sp³-hybridized carbons (Fsp3) is 0.348. The molecule has 0 saturated carbocycles. The van der Waals surface area contributed by atoms with Gasteiger partial charge in [-0.3, -0.25) is 14.4 Å². The zero-order chi connectivity index (χ0) is 22.2. The molecule has 1 fully saturated rings. The average Bonchev–Trinajstić information content (AvgIpc) is 3.20. The molecule has 0 spiro atoms. The molecule has 3 rings (SSSR count). The van der Waals surface area contributed by atoms with Crippen LogP contribution in [0.5, 0.6) is 5.75 Å². The monoisotopic (exact) mass is 425 g/mol. The van der Waals surface area contributed by atoms with Crippen LogP contribution >= 0.6 is 0 Å². The van der Waals surface area contributed by atoms with E-state index in [-0.39, 0.29) is 30.8 Å². The fourth-order valence-corrected chi connectivity index (χ4v) is 3.50. The van der Waals surface area contributed by atoms with E-state index in [1.165, 1.54) is 0 Å². The molecule has 2 aromatic carbocycles. The predicted molar refractivity (Wildman–Crippen MR) is 120 cm³/mol. The molecule has 1 saturated heterocycles. The Labute approximate surface area is 182 Å². The highest BCUT2D eigenvalue weighted by molar-refractivity contribution is 5.96. The van der Waals surface area contributed by atoms with E-state index in [9.17, 15) is 14.4 Å². The second-order valence-electron chi connectivity index (χ2n) is 7.48. The third kappa shape index (κ3) is 6.29. The van der Waals surface area contributed by atoms with Crippen LogP contribution in [0.15, 0.2) is 48.5 Å². The van der Waals surface area contributed by atoms with E-state index >= 15 is 0 Å². The summed E-state index contributed by atoms with van der Waals surface area (Å²) in [5, 5.41) is 5.70. The minimum absolute atomic E-state index is 0.131. The molecule has 8 heteroatoms. The summed E-state index contributed by atoms with van der Waals surface area (Å²) in [6.07, 6.45) is 1.46. The van der Waals surface area contributed by atoms with Crippen LogP contribution in [0, 0.1) is 0 Å². The highest BCUT2D eigenvalue weighted by Gasteiger charge is 2.21. The van der Waals surface area contributed by atoms with Crippen molar-refractivity contribution < 1.29 is 24.0 Å². The Morgan fingerprint density at radius 3 is 1.97 bits per heavy atom. The van der Waals surface area contributed by atoms with Gasteiger partial charge in [-0.2, -0.15) is 0 Å². The average molecular weight is 426 g/mol. The lowest BCUT2D eigenvalue weighted by molar-refractivity contribution is -0.881. The van der Waals surface area contributed by atoms with Crippen molar-refractivity contribution in [3.8, 4) is 5.75 Å². The quantitative estimate of drug-likeness (QED) is 0.565. The van der Waals surface area contributed by atoms with Gasteiger partial charge in [-0.05, 0) is 61.9 Å². The first kappa shape index (κ1) is 22.3.